The summed E-state index contributed by atoms with van der Waals surface area (Å²) in [5, 5.41) is 10.8. The number of aryl methyl sites for hydroxylation is 1. The number of amides is 1. The molecule has 144 valence electrons. The fourth-order valence-electron chi connectivity index (χ4n) is 2.88. The monoisotopic (exact) mass is 399 g/mol. The number of nitro benzene ring substituents is 1. The standard InChI is InChI=1S/C20H18FN3O3S/c1-3-17-18(13-5-9-15(21)10-6-13)23(4-2)20(28-17)22-19(25)14-7-11-16(12-8-14)24(26)27/h5-12H,3-4H2,1-2H3. The van der Waals surface area contributed by atoms with Crippen molar-refractivity contribution in [3.63, 3.8) is 0 Å². The Bertz CT molecular complexity index is 1080. The van der Waals surface area contributed by atoms with Crippen molar-refractivity contribution < 1.29 is 14.1 Å². The first-order valence-corrected chi connectivity index (χ1v) is 9.58. The number of hydrogen-bond acceptors (Lipinski definition) is 4. The highest BCUT2D eigenvalue weighted by atomic mass is 32.1. The molecule has 0 atom stereocenters. The molecule has 3 rings (SSSR count). The van der Waals surface area contributed by atoms with Crippen LogP contribution in [0.5, 0.6) is 0 Å². The number of non-ortho nitro benzene ring substituents is 1. The molecular weight excluding hydrogens is 381 g/mol. The lowest BCUT2D eigenvalue weighted by molar-refractivity contribution is -0.384. The van der Waals surface area contributed by atoms with Gasteiger partial charge in [0.05, 0.1) is 10.6 Å². The first-order chi connectivity index (χ1) is 13.4. The van der Waals surface area contributed by atoms with Crippen molar-refractivity contribution in [2.45, 2.75) is 26.8 Å². The molecule has 0 saturated heterocycles. The number of aromatic nitrogens is 1. The molecule has 6 nitrogen and oxygen atoms in total. The Morgan fingerprint density at radius 3 is 2.32 bits per heavy atom. The number of rotatable bonds is 5. The number of hydrogen-bond donors (Lipinski definition) is 0. The molecule has 0 bridgehead atoms. The molecule has 0 radical (unpaired) electrons. The largest absolute Gasteiger partial charge is 0.316 e. The van der Waals surface area contributed by atoms with Crippen molar-refractivity contribution in [2.24, 2.45) is 4.99 Å². The summed E-state index contributed by atoms with van der Waals surface area (Å²) in [6, 6.07) is 11.6. The van der Waals surface area contributed by atoms with Crippen molar-refractivity contribution in [1.29, 1.82) is 0 Å². The Morgan fingerprint density at radius 2 is 1.79 bits per heavy atom. The van der Waals surface area contributed by atoms with Crippen LogP contribution in [0.25, 0.3) is 11.3 Å². The minimum Gasteiger partial charge on any atom is -0.316 e. The van der Waals surface area contributed by atoms with Crippen LogP contribution in [0.4, 0.5) is 10.1 Å². The van der Waals surface area contributed by atoms with Gasteiger partial charge in [-0.15, -0.1) is 11.3 Å². The third kappa shape index (κ3) is 3.91. The summed E-state index contributed by atoms with van der Waals surface area (Å²) in [4.78, 5) is 28.6. The topological polar surface area (TPSA) is 77.5 Å². The minimum absolute atomic E-state index is 0.0804. The highest BCUT2D eigenvalue weighted by Gasteiger charge is 2.15. The number of carbonyl (C=O) groups is 1. The van der Waals surface area contributed by atoms with E-state index in [1.807, 2.05) is 18.4 Å². The van der Waals surface area contributed by atoms with Crippen LogP contribution in [0, 0.1) is 15.9 Å². The molecule has 1 aromatic heterocycles. The lowest BCUT2D eigenvalue weighted by Gasteiger charge is -2.08. The van der Waals surface area contributed by atoms with Crippen molar-refractivity contribution in [3.05, 3.63) is 79.7 Å². The van der Waals surface area contributed by atoms with Gasteiger partial charge in [-0.3, -0.25) is 14.9 Å². The predicted octanol–water partition coefficient (Wildman–Crippen LogP) is 4.59. The van der Waals surface area contributed by atoms with Crippen LogP contribution in [0.3, 0.4) is 0 Å². The van der Waals surface area contributed by atoms with Gasteiger partial charge in [0, 0.05) is 29.1 Å². The molecule has 0 fully saturated rings. The number of carbonyl (C=O) groups excluding carboxylic acids is 1. The van der Waals surface area contributed by atoms with Gasteiger partial charge in [-0.2, -0.15) is 4.99 Å². The Morgan fingerprint density at radius 1 is 1.14 bits per heavy atom. The molecule has 8 heteroatoms. The van der Waals surface area contributed by atoms with E-state index in [1.165, 1.54) is 47.7 Å². The van der Waals surface area contributed by atoms with E-state index >= 15 is 0 Å². The fraction of sp³-hybridized carbons (Fsp3) is 0.200. The second-order valence-electron chi connectivity index (χ2n) is 5.98. The number of halogens is 1. The highest BCUT2D eigenvalue weighted by molar-refractivity contribution is 7.09. The van der Waals surface area contributed by atoms with E-state index < -0.39 is 10.8 Å². The van der Waals surface area contributed by atoms with Crippen molar-refractivity contribution in [1.82, 2.24) is 4.57 Å². The van der Waals surface area contributed by atoms with Gasteiger partial charge in [-0.25, -0.2) is 4.39 Å². The second kappa shape index (κ2) is 8.26. The minimum atomic E-state index is -0.516. The first-order valence-electron chi connectivity index (χ1n) is 8.76. The molecule has 28 heavy (non-hydrogen) atoms. The van der Waals surface area contributed by atoms with Gasteiger partial charge < -0.3 is 4.57 Å². The molecule has 0 unspecified atom stereocenters. The molecule has 3 aromatic rings. The van der Waals surface area contributed by atoms with Crippen molar-refractivity contribution >= 4 is 22.9 Å². The average Bonchev–Trinajstić information content (AvgIpc) is 3.05. The molecule has 0 saturated carbocycles. The number of thiazole rings is 1. The maximum atomic E-state index is 13.3. The van der Waals surface area contributed by atoms with E-state index in [0.717, 1.165) is 22.6 Å². The Balaban J connectivity index is 2.07. The lowest BCUT2D eigenvalue weighted by atomic mass is 10.1. The van der Waals surface area contributed by atoms with Gasteiger partial charge >= 0.3 is 0 Å². The maximum absolute atomic E-state index is 13.3. The molecule has 0 spiro atoms. The first kappa shape index (κ1) is 19.6. The van der Waals surface area contributed by atoms with Gasteiger partial charge in [-0.05, 0) is 55.3 Å². The van der Waals surface area contributed by atoms with Crippen LogP contribution in [-0.2, 0) is 13.0 Å². The smallest absolute Gasteiger partial charge is 0.279 e. The average molecular weight is 399 g/mol. The van der Waals surface area contributed by atoms with Gasteiger partial charge in [0.25, 0.3) is 11.6 Å². The zero-order chi connectivity index (χ0) is 20.3. The molecule has 0 aliphatic rings. The SMILES string of the molecule is CCc1sc(=NC(=O)c2ccc([N+](=O)[O-])cc2)n(CC)c1-c1ccc(F)cc1. The normalized spacial score (nSPS) is 11.6. The third-order valence-corrected chi connectivity index (χ3v) is 5.48. The van der Waals surface area contributed by atoms with E-state index in [1.54, 1.807) is 12.1 Å². The fourth-order valence-corrected chi connectivity index (χ4v) is 4.03. The van der Waals surface area contributed by atoms with Gasteiger partial charge in [0.15, 0.2) is 4.80 Å². The molecule has 0 aliphatic carbocycles. The summed E-state index contributed by atoms with van der Waals surface area (Å²) in [7, 11) is 0. The molecule has 0 N–H and O–H groups in total. The maximum Gasteiger partial charge on any atom is 0.279 e. The van der Waals surface area contributed by atoms with Gasteiger partial charge in [0.1, 0.15) is 5.82 Å². The van der Waals surface area contributed by atoms with Gasteiger partial charge in [0.2, 0.25) is 0 Å². The van der Waals surface area contributed by atoms with Crippen LogP contribution < -0.4 is 4.80 Å². The Hall–Kier alpha value is -3.13. The Labute approximate surface area is 164 Å². The highest BCUT2D eigenvalue weighted by Crippen LogP contribution is 2.27. The summed E-state index contributed by atoms with van der Waals surface area (Å²) in [6.07, 6.45) is 0.749. The van der Waals surface area contributed by atoms with Crippen LogP contribution in [0.15, 0.2) is 53.5 Å². The summed E-state index contributed by atoms with van der Waals surface area (Å²) in [5.41, 5.74) is 1.98. The molecule has 2 aromatic carbocycles. The molecule has 0 aliphatic heterocycles. The number of nitrogens with zero attached hydrogens (tertiary/aromatic N) is 3. The van der Waals surface area contributed by atoms with Crippen LogP contribution in [-0.4, -0.2) is 15.4 Å². The quantitative estimate of drug-likeness (QED) is 0.465. The van der Waals surface area contributed by atoms with Crippen molar-refractivity contribution in [2.75, 3.05) is 0 Å². The zero-order valence-electron chi connectivity index (χ0n) is 15.4. The summed E-state index contributed by atoms with van der Waals surface area (Å²) < 4.78 is 15.2. The van der Waals surface area contributed by atoms with E-state index in [0.29, 0.717) is 11.3 Å². The number of benzene rings is 2. The van der Waals surface area contributed by atoms with E-state index in [2.05, 4.69) is 4.99 Å². The number of nitro groups is 1. The summed E-state index contributed by atoms with van der Waals surface area (Å²) in [5.74, 6) is -0.773. The molecule has 1 amide bonds. The Kier molecular flexibility index (Phi) is 5.79. The van der Waals surface area contributed by atoms with Crippen LogP contribution >= 0.6 is 11.3 Å². The van der Waals surface area contributed by atoms with E-state index in [4.69, 9.17) is 0 Å². The summed E-state index contributed by atoms with van der Waals surface area (Å²) >= 11 is 1.41. The predicted molar refractivity (Wildman–Crippen MR) is 106 cm³/mol. The van der Waals surface area contributed by atoms with Crippen LogP contribution in [0.2, 0.25) is 0 Å². The lowest BCUT2D eigenvalue weighted by Crippen LogP contribution is -2.17. The van der Waals surface area contributed by atoms with Crippen molar-refractivity contribution in [3.8, 4) is 11.3 Å². The van der Waals surface area contributed by atoms with E-state index in [9.17, 15) is 19.3 Å². The summed E-state index contributed by atoms with van der Waals surface area (Å²) in [6.45, 7) is 4.56. The molecule has 1 heterocycles. The third-order valence-electron chi connectivity index (χ3n) is 4.26. The van der Waals surface area contributed by atoms with Crippen LogP contribution in [0.1, 0.15) is 29.1 Å². The zero-order valence-corrected chi connectivity index (χ0v) is 16.2. The molecular formula is C20H18FN3O3S. The second-order valence-corrected chi connectivity index (χ2v) is 7.04. The van der Waals surface area contributed by atoms with Gasteiger partial charge in [-0.1, -0.05) is 6.92 Å². The van der Waals surface area contributed by atoms with E-state index in [-0.39, 0.29) is 17.1 Å².